The van der Waals surface area contributed by atoms with E-state index in [2.05, 4.69) is 5.32 Å². The molecule has 1 N–H and O–H groups in total. The SMILES string of the molecule is CCOC(=O)C1CCN(C(=O)C2Cc3ccccc3C(=O)N2)CC1. The first-order chi connectivity index (χ1) is 11.6. The number of nitrogens with zero attached hydrogens (tertiary/aromatic N) is 1. The summed E-state index contributed by atoms with van der Waals surface area (Å²) in [4.78, 5) is 38.4. The van der Waals surface area contributed by atoms with Crippen LogP contribution in [0.4, 0.5) is 0 Å². The van der Waals surface area contributed by atoms with Gasteiger partial charge in [-0.1, -0.05) is 18.2 Å². The molecule has 0 aromatic heterocycles. The molecule has 1 atom stereocenters. The Hall–Kier alpha value is -2.37. The van der Waals surface area contributed by atoms with Crippen molar-refractivity contribution < 1.29 is 19.1 Å². The number of piperidine rings is 1. The number of likely N-dealkylation sites (tertiary alicyclic amines) is 1. The smallest absolute Gasteiger partial charge is 0.309 e. The Morgan fingerprint density at radius 2 is 1.96 bits per heavy atom. The molecule has 1 aromatic carbocycles. The first kappa shape index (κ1) is 16.5. The maximum atomic E-state index is 12.7. The van der Waals surface area contributed by atoms with Crippen molar-refractivity contribution in [3.8, 4) is 0 Å². The van der Waals surface area contributed by atoms with Gasteiger partial charge in [0.15, 0.2) is 0 Å². The standard InChI is InChI=1S/C18H22N2O4/c1-2-24-18(23)12-7-9-20(10-8-12)17(22)15-11-13-5-3-4-6-14(13)16(21)19-15/h3-6,12,15H,2,7-11H2,1H3,(H,19,21). The van der Waals surface area contributed by atoms with Crippen LogP contribution in [-0.2, 0) is 20.7 Å². The molecule has 1 unspecified atom stereocenters. The average Bonchev–Trinajstić information content (AvgIpc) is 2.61. The summed E-state index contributed by atoms with van der Waals surface area (Å²) >= 11 is 0. The van der Waals surface area contributed by atoms with Crippen molar-refractivity contribution in [1.82, 2.24) is 10.2 Å². The molecule has 128 valence electrons. The molecule has 0 radical (unpaired) electrons. The fourth-order valence-corrected chi connectivity index (χ4v) is 3.39. The molecule has 24 heavy (non-hydrogen) atoms. The third-order valence-electron chi connectivity index (χ3n) is 4.72. The predicted molar refractivity (Wildman–Crippen MR) is 87.3 cm³/mol. The molecule has 2 aliphatic rings. The van der Waals surface area contributed by atoms with Crippen LogP contribution in [0.3, 0.4) is 0 Å². The number of fused-ring (bicyclic) bond motifs is 1. The van der Waals surface area contributed by atoms with Gasteiger partial charge in [0.25, 0.3) is 5.91 Å². The lowest BCUT2D eigenvalue weighted by molar-refractivity contribution is -0.151. The minimum absolute atomic E-state index is 0.0693. The van der Waals surface area contributed by atoms with Crippen LogP contribution < -0.4 is 5.32 Å². The quantitative estimate of drug-likeness (QED) is 0.844. The molecule has 2 amide bonds. The molecular formula is C18H22N2O4. The zero-order valence-electron chi connectivity index (χ0n) is 13.8. The van der Waals surface area contributed by atoms with Crippen LogP contribution in [0.25, 0.3) is 0 Å². The van der Waals surface area contributed by atoms with E-state index in [-0.39, 0.29) is 23.7 Å². The number of ether oxygens (including phenoxy) is 1. The van der Waals surface area contributed by atoms with Crippen LogP contribution in [0.2, 0.25) is 0 Å². The lowest BCUT2D eigenvalue weighted by Crippen LogP contribution is -2.54. The van der Waals surface area contributed by atoms with Gasteiger partial charge < -0.3 is 15.0 Å². The lowest BCUT2D eigenvalue weighted by atomic mass is 9.92. The molecule has 1 aromatic rings. The third-order valence-corrected chi connectivity index (χ3v) is 4.72. The number of nitrogens with one attached hydrogen (secondary N) is 1. The van der Waals surface area contributed by atoms with Crippen LogP contribution in [0.1, 0.15) is 35.7 Å². The van der Waals surface area contributed by atoms with Crippen molar-refractivity contribution in [3.63, 3.8) is 0 Å². The van der Waals surface area contributed by atoms with Gasteiger partial charge in [-0.3, -0.25) is 14.4 Å². The molecule has 1 saturated heterocycles. The number of benzene rings is 1. The van der Waals surface area contributed by atoms with Gasteiger partial charge >= 0.3 is 5.97 Å². The third kappa shape index (κ3) is 3.27. The second-order valence-electron chi connectivity index (χ2n) is 6.24. The topological polar surface area (TPSA) is 75.7 Å². The number of carbonyl (C=O) groups is 3. The van der Waals surface area contributed by atoms with Crippen molar-refractivity contribution in [3.05, 3.63) is 35.4 Å². The first-order valence-corrected chi connectivity index (χ1v) is 8.44. The van der Waals surface area contributed by atoms with Crippen molar-refractivity contribution in [2.24, 2.45) is 5.92 Å². The van der Waals surface area contributed by atoms with E-state index in [1.54, 1.807) is 17.9 Å². The minimum Gasteiger partial charge on any atom is -0.466 e. The lowest BCUT2D eigenvalue weighted by Gasteiger charge is -2.35. The van der Waals surface area contributed by atoms with Gasteiger partial charge in [0.1, 0.15) is 6.04 Å². The molecular weight excluding hydrogens is 308 g/mol. The number of rotatable bonds is 3. The van der Waals surface area contributed by atoms with Crippen molar-refractivity contribution in [2.45, 2.75) is 32.2 Å². The molecule has 6 nitrogen and oxygen atoms in total. The summed E-state index contributed by atoms with van der Waals surface area (Å²) in [5.74, 6) is -0.572. The summed E-state index contributed by atoms with van der Waals surface area (Å²) in [6, 6.07) is 6.84. The van der Waals surface area contributed by atoms with E-state index < -0.39 is 6.04 Å². The number of amides is 2. The van der Waals surface area contributed by atoms with E-state index in [4.69, 9.17) is 4.74 Å². The van der Waals surface area contributed by atoms with Crippen LogP contribution in [0.5, 0.6) is 0 Å². The van der Waals surface area contributed by atoms with E-state index in [1.807, 2.05) is 18.2 Å². The Labute approximate surface area is 141 Å². The molecule has 0 saturated carbocycles. The summed E-state index contributed by atoms with van der Waals surface area (Å²) in [5, 5.41) is 2.80. The minimum atomic E-state index is -0.522. The van der Waals surface area contributed by atoms with Crippen LogP contribution in [0.15, 0.2) is 24.3 Å². The van der Waals surface area contributed by atoms with E-state index in [0.29, 0.717) is 44.5 Å². The zero-order chi connectivity index (χ0) is 17.1. The van der Waals surface area contributed by atoms with E-state index in [9.17, 15) is 14.4 Å². The van der Waals surface area contributed by atoms with Gasteiger partial charge in [-0.2, -0.15) is 0 Å². The molecule has 0 spiro atoms. The molecule has 2 heterocycles. The number of esters is 1. The fourth-order valence-electron chi connectivity index (χ4n) is 3.39. The highest BCUT2D eigenvalue weighted by atomic mass is 16.5. The van der Waals surface area contributed by atoms with Crippen LogP contribution in [-0.4, -0.2) is 48.4 Å². The normalized spacial score (nSPS) is 21.0. The Balaban J connectivity index is 1.60. The van der Waals surface area contributed by atoms with Crippen molar-refractivity contribution >= 4 is 17.8 Å². The van der Waals surface area contributed by atoms with Crippen LogP contribution >= 0.6 is 0 Å². The van der Waals surface area contributed by atoms with Gasteiger partial charge in [0, 0.05) is 25.1 Å². The summed E-state index contributed by atoms with van der Waals surface area (Å²) in [6.45, 7) is 3.22. The maximum Gasteiger partial charge on any atom is 0.309 e. The first-order valence-electron chi connectivity index (χ1n) is 8.44. The second kappa shape index (κ2) is 7.03. The Morgan fingerprint density at radius 1 is 1.25 bits per heavy atom. The van der Waals surface area contributed by atoms with Crippen molar-refractivity contribution in [1.29, 1.82) is 0 Å². The summed E-state index contributed by atoms with van der Waals surface area (Å²) < 4.78 is 5.05. The molecule has 6 heteroatoms. The Kier molecular flexibility index (Phi) is 4.83. The Morgan fingerprint density at radius 3 is 2.67 bits per heavy atom. The van der Waals surface area contributed by atoms with Gasteiger partial charge in [-0.25, -0.2) is 0 Å². The zero-order valence-corrected chi connectivity index (χ0v) is 13.8. The van der Waals surface area contributed by atoms with Crippen LogP contribution in [0, 0.1) is 5.92 Å². The maximum absolute atomic E-state index is 12.7. The average molecular weight is 330 g/mol. The highest BCUT2D eigenvalue weighted by Gasteiger charge is 2.34. The van der Waals surface area contributed by atoms with E-state index >= 15 is 0 Å². The fraction of sp³-hybridized carbons (Fsp3) is 0.500. The molecule has 0 aliphatic carbocycles. The second-order valence-corrected chi connectivity index (χ2v) is 6.24. The number of carbonyl (C=O) groups excluding carboxylic acids is 3. The number of hydrogen-bond donors (Lipinski definition) is 1. The summed E-state index contributed by atoms with van der Waals surface area (Å²) in [6.07, 6.45) is 1.74. The Bertz CT molecular complexity index is 650. The molecule has 2 aliphatic heterocycles. The largest absolute Gasteiger partial charge is 0.466 e. The van der Waals surface area contributed by atoms with Gasteiger partial charge in [0.2, 0.25) is 5.91 Å². The van der Waals surface area contributed by atoms with E-state index in [1.165, 1.54) is 0 Å². The molecule has 0 bridgehead atoms. The summed E-state index contributed by atoms with van der Waals surface area (Å²) in [5.41, 5.74) is 1.54. The van der Waals surface area contributed by atoms with Gasteiger partial charge in [-0.05, 0) is 31.4 Å². The summed E-state index contributed by atoms with van der Waals surface area (Å²) in [7, 11) is 0. The van der Waals surface area contributed by atoms with Gasteiger partial charge in [0.05, 0.1) is 12.5 Å². The van der Waals surface area contributed by atoms with Gasteiger partial charge in [-0.15, -0.1) is 0 Å². The highest BCUT2D eigenvalue weighted by Crippen LogP contribution is 2.22. The van der Waals surface area contributed by atoms with E-state index in [0.717, 1.165) is 5.56 Å². The molecule has 3 rings (SSSR count). The monoisotopic (exact) mass is 330 g/mol. The van der Waals surface area contributed by atoms with Crippen molar-refractivity contribution in [2.75, 3.05) is 19.7 Å². The predicted octanol–water partition coefficient (Wildman–Crippen LogP) is 1.14. The number of hydrogen-bond acceptors (Lipinski definition) is 4. The molecule has 1 fully saturated rings. The highest BCUT2D eigenvalue weighted by molar-refractivity contribution is 6.00.